The first-order valence-corrected chi connectivity index (χ1v) is 5.52. The minimum Gasteiger partial charge on any atom is -0.315 e. The Morgan fingerprint density at radius 3 is 2.50 bits per heavy atom. The van der Waals surface area contributed by atoms with Crippen molar-refractivity contribution in [3.8, 4) is 0 Å². The summed E-state index contributed by atoms with van der Waals surface area (Å²) in [4.78, 5) is 0. The van der Waals surface area contributed by atoms with Gasteiger partial charge in [0.15, 0.2) is 0 Å². The van der Waals surface area contributed by atoms with Gasteiger partial charge in [-0.2, -0.15) is 0 Å². The maximum Gasteiger partial charge on any atom is 0.00103 e. The van der Waals surface area contributed by atoms with Crippen LogP contribution in [0.15, 0.2) is 0 Å². The van der Waals surface area contributed by atoms with Gasteiger partial charge in [-0.25, -0.2) is 0 Å². The van der Waals surface area contributed by atoms with Gasteiger partial charge in [-0.3, -0.25) is 0 Å². The van der Waals surface area contributed by atoms with Gasteiger partial charge in [-0.15, -0.1) is 0 Å². The predicted octanol–water partition coefficient (Wildman–Crippen LogP) is 2.95. The van der Waals surface area contributed by atoms with E-state index in [1.54, 1.807) is 0 Å². The van der Waals surface area contributed by atoms with E-state index in [9.17, 15) is 0 Å². The van der Waals surface area contributed by atoms with Gasteiger partial charge in [-0.1, -0.05) is 39.5 Å². The van der Waals surface area contributed by atoms with Crippen LogP contribution in [0.4, 0.5) is 0 Å². The molecule has 0 amide bonds. The molecule has 0 radical (unpaired) electrons. The van der Waals surface area contributed by atoms with Crippen LogP contribution in [0.3, 0.4) is 0 Å². The molecule has 1 heteroatoms. The molecule has 0 aromatic heterocycles. The minimum absolute atomic E-state index is 0.661. The first kappa shape index (κ1) is 10.0. The Hall–Kier alpha value is -0.0400. The van der Waals surface area contributed by atoms with Gasteiger partial charge in [0.05, 0.1) is 0 Å². The zero-order valence-electron chi connectivity index (χ0n) is 8.60. The standard InChI is InChI=1S/C11H23N/c1-10(2)12-9-5-8-11-6-3-4-7-11/h10-12H,3-9H2,1-2H3. The summed E-state index contributed by atoms with van der Waals surface area (Å²) in [5.41, 5.74) is 0. The SMILES string of the molecule is CC(C)NCCCC1CCCC1. The van der Waals surface area contributed by atoms with Crippen LogP contribution in [0.1, 0.15) is 52.4 Å². The first-order valence-electron chi connectivity index (χ1n) is 5.52. The smallest absolute Gasteiger partial charge is 0.00103 e. The summed E-state index contributed by atoms with van der Waals surface area (Å²) in [6.45, 7) is 5.65. The van der Waals surface area contributed by atoms with Gasteiger partial charge in [0.25, 0.3) is 0 Å². The zero-order chi connectivity index (χ0) is 8.81. The lowest BCUT2D eigenvalue weighted by Gasteiger charge is -2.10. The highest BCUT2D eigenvalue weighted by atomic mass is 14.9. The maximum atomic E-state index is 3.47. The van der Waals surface area contributed by atoms with E-state index in [1.807, 2.05) is 0 Å². The average Bonchev–Trinajstić information content (AvgIpc) is 2.49. The number of hydrogen-bond acceptors (Lipinski definition) is 1. The van der Waals surface area contributed by atoms with Crippen molar-refractivity contribution >= 4 is 0 Å². The minimum atomic E-state index is 0.661. The largest absolute Gasteiger partial charge is 0.315 e. The Balaban J connectivity index is 1.88. The van der Waals surface area contributed by atoms with Crippen LogP contribution >= 0.6 is 0 Å². The Kier molecular flexibility index (Phi) is 4.67. The van der Waals surface area contributed by atoms with Gasteiger partial charge in [0, 0.05) is 6.04 Å². The molecule has 0 aromatic rings. The third-order valence-electron chi connectivity index (χ3n) is 2.82. The fourth-order valence-corrected chi connectivity index (χ4v) is 2.08. The summed E-state index contributed by atoms with van der Waals surface area (Å²) in [5, 5.41) is 3.47. The molecule has 1 nitrogen and oxygen atoms in total. The lowest BCUT2D eigenvalue weighted by atomic mass is 10.0. The molecule has 1 fully saturated rings. The molecule has 0 atom stereocenters. The molecule has 0 aromatic carbocycles. The third kappa shape index (κ3) is 4.10. The van der Waals surface area contributed by atoms with Crippen LogP contribution in [-0.4, -0.2) is 12.6 Å². The lowest BCUT2D eigenvalue weighted by molar-refractivity contribution is 0.459. The van der Waals surface area contributed by atoms with Crippen molar-refractivity contribution in [1.29, 1.82) is 0 Å². The number of nitrogens with one attached hydrogen (secondary N) is 1. The Labute approximate surface area is 76.9 Å². The molecule has 0 spiro atoms. The summed E-state index contributed by atoms with van der Waals surface area (Å²) in [7, 11) is 0. The second-order valence-electron chi connectivity index (χ2n) is 4.40. The highest BCUT2D eigenvalue weighted by molar-refractivity contribution is 4.67. The van der Waals surface area contributed by atoms with Crippen LogP contribution in [0.25, 0.3) is 0 Å². The van der Waals surface area contributed by atoms with Gasteiger partial charge in [-0.05, 0) is 25.3 Å². The Morgan fingerprint density at radius 2 is 1.92 bits per heavy atom. The van der Waals surface area contributed by atoms with Gasteiger partial charge < -0.3 is 5.32 Å². The molecule has 0 bridgehead atoms. The monoisotopic (exact) mass is 169 g/mol. The molecule has 12 heavy (non-hydrogen) atoms. The first-order chi connectivity index (χ1) is 5.79. The zero-order valence-corrected chi connectivity index (χ0v) is 8.60. The van der Waals surface area contributed by atoms with Crippen molar-refractivity contribution in [1.82, 2.24) is 5.32 Å². The van der Waals surface area contributed by atoms with Gasteiger partial charge in [0.2, 0.25) is 0 Å². The predicted molar refractivity (Wildman–Crippen MR) is 54.3 cm³/mol. The molecular formula is C11H23N. The summed E-state index contributed by atoms with van der Waals surface area (Å²) < 4.78 is 0. The molecule has 1 rings (SSSR count). The quantitative estimate of drug-likeness (QED) is 0.624. The second kappa shape index (κ2) is 5.58. The second-order valence-corrected chi connectivity index (χ2v) is 4.40. The molecule has 1 aliphatic carbocycles. The van der Waals surface area contributed by atoms with E-state index in [0.717, 1.165) is 5.92 Å². The lowest BCUT2D eigenvalue weighted by Crippen LogP contribution is -2.23. The van der Waals surface area contributed by atoms with E-state index >= 15 is 0 Å². The van der Waals surface area contributed by atoms with Crippen molar-refractivity contribution in [3.05, 3.63) is 0 Å². The molecule has 1 saturated carbocycles. The van der Waals surface area contributed by atoms with E-state index in [2.05, 4.69) is 19.2 Å². The van der Waals surface area contributed by atoms with Crippen molar-refractivity contribution in [2.24, 2.45) is 5.92 Å². The van der Waals surface area contributed by atoms with E-state index in [1.165, 1.54) is 45.1 Å². The van der Waals surface area contributed by atoms with Crippen LogP contribution in [0.2, 0.25) is 0 Å². The van der Waals surface area contributed by atoms with Crippen LogP contribution < -0.4 is 5.32 Å². The highest BCUT2D eigenvalue weighted by Gasteiger charge is 2.13. The fraction of sp³-hybridized carbons (Fsp3) is 1.00. The maximum absolute atomic E-state index is 3.47. The van der Waals surface area contributed by atoms with Crippen molar-refractivity contribution in [2.75, 3.05) is 6.54 Å². The molecular weight excluding hydrogens is 146 g/mol. The molecule has 0 unspecified atom stereocenters. The summed E-state index contributed by atoms with van der Waals surface area (Å²) in [6, 6.07) is 0.661. The summed E-state index contributed by atoms with van der Waals surface area (Å²) in [6.07, 6.45) is 8.82. The van der Waals surface area contributed by atoms with Crippen molar-refractivity contribution in [3.63, 3.8) is 0 Å². The summed E-state index contributed by atoms with van der Waals surface area (Å²) in [5.74, 6) is 1.07. The van der Waals surface area contributed by atoms with Crippen LogP contribution in [-0.2, 0) is 0 Å². The Morgan fingerprint density at radius 1 is 1.25 bits per heavy atom. The van der Waals surface area contributed by atoms with E-state index in [-0.39, 0.29) is 0 Å². The highest BCUT2D eigenvalue weighted by Crippen LogP contribution is 2.28. The van der Waals surface area contributed by atoms with Gasteiger partial charge in [0.1, 0.15) is 0 Å². The van der Waals surface area contributed by atoms with Crippen LogP contribution in [0, 0.1) is 5.92 Å². The molecule has 1 aliphatic rings. The number of rotatable bonds is 5. The Bertz CT molecular complexity index is 104. The molecule has 1 N–H and O–H groups in total. The van der Waals surface area contributed by atoms with Gasteiger partial charge >= 0.3 is 0 Å². The van der Waals surface area contributed by atoms with E-state index in [0.29, 0.717) is 6.04 Å². The normalized spacial score (nSPS) is 19.2. The number of hydrogen-bond donors (Lipinski definition) is 1. The molecule has 0 heterocycles. The fourth-order valence-electron chi connectivity index (χ4n) is 2.08. The molecule has 0 aliphatic heterocycles. The van der Waals surface area contributed by atoms with E-state index in [4.69, 9.17) is 0 Å². The topological polar surface area (TPSA) is 12.0 Å². The molecule has 72 valence electrons. The average molecular weight is 169 g/mol. The summed E-state index contributed by atoms with van der Waals surface area (Å²) >= 11 is 0. The third-order valence-corrected chi connectivity index (χ3v) is 2.82. The van der Waals surface area contributed by atoms with Crippen molar-refractivity contribution < 1.29 is 0 Å². The van der Waals surface area contributed by atoms with Crippen LogP contribution in [0.5, 0.6) is 0 Å². The molecule has 0 saturated heterocycles. The van der Waals surface area contributed by atoms with Crippen molar-refractivity contribution in [2.45, 2.75) is 58.4 Å². The van der Waals surface area contributed by atoms with E-state index < -0.39 is 0 Å².